The lowest BCUT2D eigenvalue weighted by atomic mass is 9.76. The predicted octanol–water partition coefficient (Wildman–Crippen LogP) is 1.38. The van der Waals surface area contributed by atoms with Crippen molar-refractivity contribution in [2.45, 2.75) is 63.3 Å². The Morgan fingerprint density at radius 1 is 1.39 bits per heavy atom. The van der Waals surface area contributed by atoms with Crippen molar-refractivity contribution < 1.29 is 9.47 Å². The minimum absolute atomic E-state index is 0.0183. The number of nitrogens with two attached hydrogens (primary N) is 1. The molecule has 1 aliphatic heterocycles. The third-order valence-corrected chi connectivity index (χ3v) is 4.74. The summed E-state index contributed by atoms with van der Waals surface area (Å²) in [6.07, 6.45) is 5.36. The highest BCUT2D eigenvalue weighted by molar-refractivity contribution is 5.03. The summed E-state index contributed by atoms with van der Waals surface area (Å²) in [7, 11) is 1.83. The van der Waals surface area contributed by atoms with Gasteiger partial charge in [-0.2, -0.15) is 0 Å². The lowest BCUT2D eigenvalue weighted by Crippen LogP contribution is -2.68. The lowest BCUT2D eigenvalue weighted by molar-refractivity contribution is -0.144. The van der Waals surface area contributed by atoms with Gasteiger partial charge in [-0.3, -0.25) is 4.90 Å². The highest BCUT2D eigenvalue weighted by Crippen LogP contribution is 2.37. The highest BCUT2D eigenvalue weighted by Gasteiger charge is 2.47. The van der Waals surface area contributed by atoms with E-state index in [1.54, 1.807) is 0 Å². The van der Waals surface area contributed by atoms with Crippen LogP contribution in [0.3, 0.4) is 0 Å². The third kappa shape index (κ3) is 2.44. The van der Waals surface area contributed by atoms with E-state index in [4.69, 9.17) is 15.2 Å². The molecular weight excluding hydrogens is 228 g/mol. The van der Waals surface area contributed by atoms with E-state index in [9.17, 15) is 0 Å². The highest BCUT2D eigenvalue weighted by atomic mass is 16.5. The number of methoxy groups -OCH3 is 1. The van der Waals surface area contributed by atoms with E-state index in [1.165, 1.54) is 12.8 Å². The van der Waals surface area contributed by atoms with E-state index < -0.39 is 0 Å². The molecule has 0 radical (unpaired) electrons. The zero-order valence-corrected chi connectivity index (χ0v) is 12.0. The van der Waals surface area contributed by atoms with Gasteiger partial charge in [0.05, 0.1) is 24.4 Å². The maximum Gasteiger partial charge on any atom is 0.0767 e. The molecule has 1 saturated heterocycles. The van der Waals surface area contributed by atoms with Crippen molar-refractivity contribution in [2.24, 2.45) is 5.73 Å². The second kappa shape index (κ2) is 5.87. The molecule has 0 bridgehead atoms. The van der Waals surface area contributed by atoms with Gasteiger partial charge in [0.15, 0.2) is 0 Å². The zero-order valence-electron chi connectivity index (χ0n) is 12.0. The number of rotatable bonds is 3. The van der Waals surface area contributed by atoms with Crippen LogP contribution in [0.2, 0.25) is 0 Å². The van der Waals surface area contributed by atoms with Gasteiger partial charge in [-0.1, -0.05) is 12.8 Å². The van der Waals surface area contributed by atoms with Gasteiger partial charge >= 0.3 is 0 Å². The van der Waals surface area contributed by atoms with Gasteiger partial charge in [0.25, 0.3) is 0 Å². The van der Waals surface area contributed by atoms with Crippen LogP contribution in [-0.2, 0) is 9.47 Å². The van der Waals surface area contributed by atoms with E-state index in [1.807, 2.05) is 7.11 Å². The lowest BCUT2D eigenvalue weighted by Gasteiger charge is -2.54. The average molecular weight is 256 g/mol. The molecule has 1 heterocycles. The summed E-state index contributed by atoms with van der Waals surface area (Å²) < 4.78 is 11.5. The molecule has 4 heteroatoms. The average Bonchev–Trinajstić information content (AvgIpc) is 2.41. The molecule has 2 N–H and O–H groups in total. The molecule has 2 rings (SSSR count). The van der Waals surface area contributed by atoms with Crippen LogP contribution in [0.4, 0.5) is 0 Å². The van der Waals surface area contributed by atoms with Crippen molar-refractivity contribution in [3.05, 3.63) is 0 Å². The van der Waals surface area contributed by atoms with E-state index >= 15 is 0 Å². The van der Waals surface area contributed by atoms with Crippen molar-refractivity contribution in [2.75, 3.05) is 26.8 Å². The topological polar surface area (TPSA) is 47.7 Å². The van der Waals surface area contributed by atoms with E-state index in [0.717, 1.165) is 26.0 Å². The maximum atomic E-state index is 6.18. The number of hydrogen-bond donors (Lipinski definition) is 1. The van der Waals surface area contributed by atoms with Gasteiger partial charge in [0, 0.05) is 26.2 Å². The zero-order chi connectivity index (χ0) is 13.2. The molecule has 4 nitrogen and oxygen atoms in total. The molecule has 1 saturated carbocycles. The van der Waals surface area contributed by atoms with Crippen LogP contribution in [0.5, 0.6) is 0 Å². The summed E-state index contributed by atoms with van der Waals surface area (Å²) >= 11 is 0. The first-order valence-corrected chi connectivity index (χ1v) is 7.25. The van der Waals surface area contributed by atoms with Crippen molar-refractivity contribution in [1.29, 1.82) is 0 Å². The summed E-state index contributed by atoms with van der Waals surface area (Å²) in [6, 6.07) is 0.431. The summed E-state index contributed by atoms with van der Waals surface area (Å²) in [5, 5.41) is 0. The van der Waals surface area contributed by atoms with Gasteiger partial charge < -0.3 is 15.2 Å². The Morgan fingerprint density at radius 3 is 2.83 bits per heavy atom. The molecule has 0 spiro atoms. The first-order chi connectivity index (χ1) is 8.64. The van der Waals surface area contributed by atoms with Crippen LogP contribution in [0.25, 0.3) is 0 Å². The first kappa shape index (κ1) is 14.3. The number of hydrogen-bond acceptors (Lipinski definition) is 4. The molecule has 4 atom stereocenters. The summed E-state index contributed by atoms with van der Waals surface area (Å²) in [4.78, 5) is 2.56. The number of ether oxygens (including phenoxy) is 2. The predicted molar refractivity (Wildman–Crippen MR) is 72.6 cm³/mol. The van der Waals surface area contributed by atoms with Crippen LogP contribution in [0.1, 0.15) is 39.5 Å². The molecule has 18 heavy (non-hydrogen) atoms. The second-order valence-electron chi connectivity index (χ2n) is 5.92. The molecule has 1 aliphatic carbocycles. The normalized spacial score (nSPS) is 43.0. The Hall–Kier alpha value is -0.160. The van der Waals surface area contributed by atoms with Crippen LogP contribution < -0.4 is 5.73 Å². The Kier molecular flexibility index (Phi) is 4.64. The van der Waals surface area contributed by atoms with Gasteiger partial charge in [0.2, 0.25) is 0 Å². The van der Waals surface area contributed by atoms with Crippen LogP contribution in [0.15, 0.2) is 0 Å². The van der Waals surface area contributed by atoms with Crippen LogP contribution in [-0.4, -0.2) is 55.5 Å². The van der Waals surface area contributed by atoms with Gasteiger partial charge in [0.1, 0.15) is 0 Å². The van der Waals surface area contributed by atoms with E-state index in [-0.39, 0.29) is 11.6 Å². The Bertz CT molecular complexity index is 275. The van der Waals surface area contributed by atoms with Gasteiger partial charge in [-0.05, 0) is 26.7 Å². The molecule has 4 unspecified atom stereocenters. The minimum Gasteiger partial charge on any atom is -0.379 e. The Labute approximate surface area is 111 Å². The second-order valence-corrected chi connectivity index (χ2v) is 5.92. The number of morpholine rings is 1. The van der Waals surface area contributed by atoms with Crippen molar-refractivity contribution in [3.63, 3.8) is 0 Å². The van der Waals surface area contributed by atoms with Gasteiger partial charge in [-0.15, -0.1) is 0 Å². The molecule has 0 aromatic rings. The first-order valence-electron chi connectivity index (χ1n) is 7.25. The van der Waals surface area contributed by atoms with Crippen molar-refractivity contribution in [3.8, 4) is 0 Å². The summed E-state index contributed by atoms with van der Waals surface area (Å²) in [5.74, 6) is 0. The van der Waals surface area contributed by atoms with E-state index in [2.05, 4.69) is 18.7 Å². The van der Waals surface area contributed by atoms with Crippen molar-refractivity contribution >= 4 is 0 Å². The van der Waals surface area contributed by atoms with Crippen LogP contribution >= 0.6 is 0 Å². The Balaban J connectivity index is 2.22. The number of nitrogens with zero attached hydrogens (tertiary/aromatic N) is 1. The maximum absolute atomic E-state index is 6.18. The van der Waals surface area contributed by atoms with E-state index in [0.29, 0.717) is 18.7 Å². The molecule has 2 aliphatic rings. The molecular formula is C14H28N2O2. The fourth-order valence-corrected chi connectivity index (χ4v) is 3.73. The molecule has 0 aromatic carbocycles. The fraction of sp³-hybridized carbons (Fsp3) is 1.00. The Morgan fingerprint density at radius 2 is 2.17 bits per heavy atom. The summed E-state index contributed by atoms with van der Waals surface area (Å²) in [6.45, 7) is 6.85. The van der Waals surface area contributed by atoms with Crippen molar-refractivity contribution in [1.82, 2.24) is 4.90 Å². The van der Waals surface area contributed by atoms with Crippen LogP contribution in [0, 0.1) is 0 Å². The SMILES string of the molecule is COC1CCCCC1(CN)N1CC(C)OCC1C. The standard InChI is InChI=1S/C14H28N2O2/c1-11-9-18-12(2)8-16(11)14(10-15)7-5-4-6-13(14)17-3/h11-13H,4-10,15H2,1-3H3. The fourth-order valence-electron chi connectivity index (χ4n) is 3.73. The molecule has 106 valence electrons. The largest absolute Gasteiger partial charge is 0.379 e. The monoisotopic (exact) mass is 256 g/mol. The molecule has 0 amide bonds. The molecule has 0 aromatic heterocycles. The quantitative estimate of drug-likeness (QED) is 0.829. The smallest absolute Gasteiger partial charge is 0.0767 e. The molecule has 2 fully saturated rings. The third-order valence-electron chi connectivity index (χ3n) is 4.74. The summed E-state index contributed by atoms with van der Waals surface area (Å²) in [5.41, 5.74) is 6.20. The van der Waals surface area contributed by atoms with Gasteiger partial charge in [-0.25, -0.2) is 0 Å². The minimum atomic E-state index is 0.0183.